The molecule has 36 heavy (non-hydrogen) atoms. The van der Waals surface area contributed by atoms with Crippen LogP contribution in [0.4, 0.5) is 13.2 Å². The smallest absolute Gasteiger partial charge is 0.328 e. The van der Waals surface area contributed by atoms with Gasteiger partial charge in [-0.1, -0.05) is 6.07 Å². The molecule has 0 saturated carbocycles. The molecule has 1 N–H and O–H groups in total. The summed E-state index contributed by atoms with van der Waals surface area (Å²) in [6.45, 7) is 6.11. The maximum atomic E-state index is 15.5. The summed E-state index contributed by atoms with van der Waals surface area (Å²) in [6.07, 6.45) is 4.19. The first-order chi connectivity index (χ1) is 17.0. The molecule has 0 amide bonds. The van der Waals surface area contributed by atoms with Crippen molar-refractivity contribution in [2.45, 2.75) is 63.9 Å². The Morgan fingerprint density at radius 3 is 2.47 bits per heavy atom. The van der Waals surface area contributed by atoms with Gasteiger partial charge in [-0.05, 0) is 74.2 Å². The average Bonchev–Trinajstić information content (AvgIpc) is 2.79. The second-order valence-electron chi connectivity index (χ2n) is 10.2. The minimum Gasteiger partial charge on any atom is -0.490 e. The van der Waals surface area contributed by atoms with Crippen molar-refractivity contribution in [2.24, 2.45) is 0 Å². The van der Waals surface area contributed by atoms with Gasteiger partial charge in [0, 0.05) is 37.1 Å². The molecule has 194 valence electrons. The molecule has 0 radical (unpaired) electrons. The summed E-state index contributed by atoms with van der Waals surface area (Å²) in [5.41, 5.74) is -0.0786. The zero-order chi connectivity index (χ0) is 26.0. The van der Waals surface area contributed by atoms with Gasteiger partial charge in [-0.15, -0.1) is 0 Å². The number of ether oxygens (including phenoxy) is 2. The highest BCUT2D eigenvalue weighted by molar-refractivity contribution is 5.85. The molecule has 2 aromatic carbocycles. The number of aliphatic carboxylic acids is 1. The van der Waals surface area contributed by atoms with E-state index >= 15 is 8.78 Å². The molecule has 1 saturated heterocycles. The van der Waals surface area contributed by atoms with Gasteiger partial charge >= 0.3 is 5.97 Å². The average molecular weight is 504 g/mol. The van der Waals surface area contributed by atoms with Gasteiger partial charge in [0.05, 0.1) is 19.3 Å². The van der Waals surface area contributed by atoms with E-state index in [4.69, 9.17) is 14.6 Å². The van der Waals surface area contributed by atoms with E-state index in [1.54, 1.807) is 11.0 Å². The van der Waals surface area contributed by atoms with Crippen molar-refractivity contribution in [1.82, 2.24) is 4.90 Å². The van der Waals surface area contributed by atoms with Gasteiger partial charge < -0.3 is 14.6 Å². The van der Waals surface area contributed by atoms with Crippen LogP contribution in [0, 0.1) is 11.6 Å². The maximum Gasteiger partial charge on any atom is 0.328 e. The van der Waals surface area contributed by atoms with E-state index in [0.717, 1.165) is 42.7 Å². The summed E-state index contributed by atoms with van der Waals surface area (Å²) in [7, 11) is 0. The van der Waals surface area contributed by atoms with E-state index in [0.29, 0.717) is 30.9 Å². The fourth-order valence-electron chi connectivity index (χ4n) is 5.09. The molecular formula is C28H32F3NO4. The van der Waals surface area contributed by atoms with Gasteiger partial charge in [0.15, 0.2) is 0 Å². The van der Waals surface area contributed by atoms with Gasteiger partial charge in [0.1, 0.15) is 29.2 Å². The van der Waals surface area contributed by atoms with Crippen molar-refractivity contribution in [3.8, 4) is 5.75 Å². The molecule has 2 aromatic rings. The first-order valence-corrected chi connectivity index (χ1v) is 12.2. The Bertz CT molecular complexity index is 1120. The molecule has 0 aromatic heterocycles. The Kier molecular flexibility index (Phi) is 7.76. The van der Waals surface area contributed by atoms with Crippen LogP contribution in [0.5, 0.6) is 5.75 Å². The second kappa shape index (κ2) is 10.6. The molecule has 4 rings (SSSR count). The lowest BCUT2D eigenvalue weighted by molar-refractivity contribution is -0.131. The van der Waals surface area contributed by atoms with Gasteiger partial charge in [-0.25, -0.2) is 18.0 Å². The van der Waals surface area contributed by atoms with Crippen molar-refractivity contribution in [3.05, 3.63) is 70.3 Å². The number of fused-ring (bicyclic) bond motifs is 1. The Morgan fingerprint density at radius 2 is 1.86 bits per heavy atom. The van der Waals surface area contributed by atoms with Crippen molar-refractivity contribution in [3.63, 3.8) is 0 Å². The monoisotopic (exact) mass is 503 g/mol. The van der Waals surface area contributed by atoms with Crippen LogP contribution in [-0.4, -0.2) is 53.5 Å². The minimum absolute atomic E-state index is 0.0157. The number of carboxylic acid groups (broad SMARTS) is 1. The predicted molar refractivity (Wildman–Crippen MR) is 131 cm³/mol. The number of carboxylic acids is 1. The highest BCUT2D eigenvalue weighted by atomic mass is 19.1. The highest BCUT2D eigenvalue weighted by Gasteiger charge is 2.39. The molecule has 1 fully saturated rings. The molecule has 0 bridgehead atoms. The molecule has 0 aliphatic carbocycles. The van der Waals surface area contributed by atoms with Gasteiger partial charge in [-0.3, -0.25) is 4.90 Å². The lowest BCUT2D eigenvalue weighted by Crippen LogP contribution is -2.48. The molecule has 5 nitrogen and oxygen atoms in total. The first-order valence-electron chi connectivity index (χ1n) is 12.2. The number of benzene rings is 2. The van der Waals surface area contributed by atoms with Gasteiger partial charge in [0.2, 0.25) is 0 Å². The molecule has 2 aliphatic rings. The standard InChI is InChI=1S/C28H32F3NO4/c1-17-12-19-15-21(36-20-8-10-35-11-9-20)5-6-22(19)27(32(17)16-28(2,3)31)26-23(29)13-18(14-24(26)30)4-7-25(33)34/h4-7,13-15,17,20,27H,8-12,16H2,1-3H3,(H,33,34)/b7-4+. The van der Waals surface area contributed by atoms with E-state index in [1.165, 1.54) is 13.8 Å². The molecule has 2 atom stereocenters. The summed E-state index contributed by atoms with van der Waals surface area (Å²) in [6, 6.07) is 6.71. The van der Waals surface area contributed by atoms with E-state index < -0.39 is 29.3 Å². The molecule has 8 heteroatoms. The van der Waals surface area contributed by atoms with Crippen LogP contribution >= 0.6 is 0 Å². The maximum absolute atomic E-state index is 15.5. The van der Waals surface area contributed by atoms with Crippen LogP contribution in [-0.2, 0) is 16.0 Å². The summed E-state index contributed by atoms with van der Waals surface area (Å²) in [5.74, 6) is -2.14. The molecule has 2 heterocycles. The number of carbonyl (C=O) groups is 1. The minimum atomic E-state index is -1.59. The number of alkyl halides is 1. The second-order valence-corrected chi connectivity index (χ2v) is 10.2. The fourth-order valence-corrected chi connectivity index (χ4v) is 5.09. The lowest BCUT2D eigenvalue weighted by Gasteiger charge is -2.44. The Morgan fingerprint density at radius 1 is 1.19 bits per heavy atom. The van der Waals surface area contributed by atoms with E-state index in [9.17, 15) is 9.18 Å². The molecule has 2 unspecified atom stereocenters. The quantitative estimate of drug-likeness (QED) is 0.491. The topological polar surface area (TPSA) is 59.0 Å². The normalized spacial score (nSPS) is 21.5. The van der Waals surface area contributed by atoms with Crippen LogP contribution in [0.2, 0.25) is 0 Å². The molecule has 2 aliphatic heterocycles. The number of hydrogen-bond donors (Lipinski definition) is 1. The first kappa shape index (κ1) is 26.2. The van der Waals surface area contributed by atoms with E-state index in [-0.39, 0.29) is 29.8 Å². The van der Waals surface area contributed by atoms with E-state index in [2.05, 4.69) is 0 Å². The Hall–Kier alpha value is -2.84. The van der Waals surface area contributed by atoms with E-state index in [1.807, 2.05) is 19.1 Å². The van der Waals surface area contributed by atoms with Crippen LogP contribution in [0.25, 0.3) is 6.08 Å². The predicted octanol–water partition coefficient (Wildman–Crippen LogP) is 5.70. The number of nitrogens with zero attached hydrogens (tertiary/aromatic N) is 1. The van der Waals surface area contributed by atoms with Crippen LogP contribution in [0.15, 0.2) is 36.4 Å². The zero-order valence-electron chi connectivity index (χ0n) is 20.8. The highest BCUT2D eigenvalue weighted by Crippen LogP contribution is 2.42. The molecular weight excluding hydrogens is 471 g/mol. The van der Waals surface area contributed by atoms with Crippen molar-refractivity contribution in [1.29, 1.82) is 0 Å². The third-order valence-electron chi connectivity index (χ3n) is 6.64. The number of halogens is 3. The third kappa shape index (κ3) is 6.10. The molecule has 0 spiro atoms. The van der Waals surface area contributed by atoms with Crippen LogP contribution in [0.1, 0.15) is 61.9 Å². The largest absolute Gasteiger partial charge is 0.490 e. The Labute approximate surface area is 209 Å². The lowest BCUT2D eigenvalue weighted by atomic mass is 9.83. The third-order valence-corrected chi connectivity index (χ3v) is 6.64. The fraction of sp³-hybridized carbons (Fsp3) is 0.464. The number of hydrogen-bond acceptors (Lipinski definition) is 4. The summed E-state index contributed by atoms with van der Waals surface area (Å²) < 4.78 is 57.3. The van der Waals surface area contributed by atoms with Crippen molar-refractivity contribution >= 4 is 12.0 Å². The van der Waals surface area contributed by atoms with Crippen molar-refractivity contribution in [2.75, 3.05) is 19.8 Å². The number of rotatable bonds is 7. The van der Waals surface area contributed by atoms with Crippen molar-refractivity contribution < 1.29 is 32.5 Å². The summed E-state index contributed by atoms with van der Waals surface area (Å²) >= 11 is 0. The van der Waals surface area contributed by atoms with Gasteiger partial charge in [-0.2, -0.15) is 0 Å². The summed E-state index contributed by atoms with van der Waals surface area (Å²) in [4.78, 5) is 12.6. The van der Waals surface area contributed by atoms with Crippen LogP contribution < -0.4 is 4.74 Å². The summed E-state index contributed by atoms with van der Waals surface area (Å²) in [5, 5.41) is 8.85. The van der Waals surface area contributed by atoms with Gasteiger partial charge in [0.25, 0.3) is 0 Å². The zero-order valence-corrected chi connectivity index (χ0v) is 20.8. The SMILES string of the molecule is CC1Cc2cc(OC3CCOCC3)ccc2C(c2c(F)cc(/C=C/C(=O)O)cc2F)N1CC(C)(C)F. The Balaban J connectivity index is 1.76. The van der Waals surface area contributed by atoms with Crippen LogP contribution in [0.3, 0.4) is 0 Å².